The Morgan fingerprint density at radius 2 is 2.00 bits per heavy atom. The van der Waals surface area contributed by atoms with E-state index in [0.717, 1.165) is 25.0 Å². The van der Waals surface area contributed by atoms with Gasteiger partial charge in [0.15, 0.2) is 5.82 Å². The van der Waals surface area contributed by atoms with Gasteiger partial charge in [-0.15, -0.1) is 0 Å². The molecule has 0 aliphatic carbocycles. The number of rotatable bonds is 6. The topological polar surface area (TPSA) is 104 Å². The minimum absolute atomic E-state index is 0.0712. The van der Waals surface area contributed by atoms with Crippen molar-refractivity contribution in [3.63, 3.8) is 0 Å². The Labute approximate surface area is 175 Å². The predicted molar refractivity (Wildman–Crippen MR) is 112 cm³/mol. The SMILES string of the molecule is CCNC(=O)Nc1cc(CC2CCN(c3ccc(C(=O)NC)nc3F)CC2)n(C)n1. The third kappa shape index (κ3) is 5.05. The number of hydrogen-bond acceptors (Lipinski definition) is 5. The lowest BCUT2D eigenvalue weighted by Gasteiger charge is -2.33. The molecule has 1 saturated heterocycles. The fourth-order valence-electron chi connectivity index (χ4n) is 3.67. The zero-order chi connectivity index (χ0) is 21.7. The van der Waals surface area contributed by atoms with Crippen LogP contribution in [0.1, 0.15) is 35.9 Å². The van der Waals surface area contributed by atoms with Gasteiger partial charge in [0.1, 0.15) is 5.69 Å². The molecule has 2 aromatic rings. The first-order chi connectivity index (χ1) is 14.4. The van der Waals surface area contributed by atoms with E-state index in [0.29, 0.717) is 37.1 Å². The van der Waals surface area contributed by atoms with Crippen molar-refractivity contribution >= 4 is 23.4 Å². The molecule has 3 N–H and O–H groups in total. The molecule has 3 rings (SSSR count). The number of carbonyl (C=O) groups is 2. The lowest BCUT2D eigenvalue weighted by Crippen LogP contribution is -2.35. The maximum atomic E-state index is 14.4. The van der Waals surface area contributed by atoms with E-state index in [1.54, 1.807) is 16.8 Å². The van der Waals surface area contributed by atoms with Gasteiger partial charge >= 0.3 is 6.03 Å². The van der Waals surface area contributed by atoms with Gasteiger partial charge in [-0.2, -0.15) is 9.49 Å². The fourth-order valence-corrected chi connectivity index (χ4v) is 3.67. The van der Waals surface area contributed by atoms with E-state index < -0.39 is 11.9 Å². The molecule has 0 spiro atoms. The summed E-state index contributed by atoms with van der Waals surface area (Å²) in [6, 6.07) is 4.78. The van der Waals surface area contributed by atoms with Crippen LogP contribution in [0.25, 0.3) is 0 Å². The van der Waals surface area contributed by atoms with E-state index in [9.17, 15) is 14.0 Å². The van der Waals surface area contributed by atoms with Gasteiger partial charge in [-0.25, -0.2) is 9.78 Å². The normalized spacial score (nSPS) is 14.5. The molecule has 9 nitrogen and oxygen atoms in total. The van der Waals surface area contributed by atoms with Crippen molar-refractivity contribution in [3.05, 3.63) is 35.5 Å². The Morgan fingerprint density at radius 3 is 2.63 bits per heavy atom. The predicted octanol–water partition coefficient (Wildman–Crippen LogP) is 1.91. The highest BCUT2D eigenvalue weighted by molar-refractivity contribution is 5.92. The Hall–Kier alpha value is -3.17. The Balaban J connectivity index is 1.57. The van der Waals surface area contributed by atoms with E-state index in [4.69, 9.17) is 0 Å². The van der Waals surface area contributed by atoms with Crippen LogP contribution in [0, 0.1) is 11.9 Å². The summed E-state index contributed by atoms with van der Waals surface area (Å²) in [4.78, 5) is 29.0. The number of aryl methyl sites for hydroxylation is 1. The lowest BCUT2D eigenvalue weighted by atomic mass is 9.92. The van der Waals surface area contributed by atoms with Gasteiger partial charge < -0.3 is 15.5 Å². The van der Waals surface area contributed by atoms with Gasteiger partial charge in [-0.05, 0) is 44.2 Å². The first-order valence-electron chi connectivity index (χ1n) is 10.1. The largest absolute Gasteiger partial charge is 0.368 e. The minimum atomic E-state index is -0.623. The molecular weight excluding hydrogens is 389 g/mol. The number of halogens is 1. The molecular formula is C20H28FN7O2. The third-order valence-corrected chi connectivity index (χ3v) is 5.30. The number of nitrogens with one attached hydrogen (secondary N) is 3. The summed E-state index contributed by atoms with van der Waals surface area (Å²) in [5.74, 6) is -0.0611. The number of hydrogen-bond donors (Lipinski definition) is 3. The van der Waals surface area contributed by atoms with E-state index in [-0.39, 0.29) is 11.7 Å². The molecule has 3 amide bonds. The van der Waals surface area contributed by atoms with Crippen LogP contribution in [0.2, 0.25) is 0 Å². The molecule has 0 aromatic carbocycles. The summed E-state index contributed by atoms with van der Waals surface area (Å²) in [5, 5.41) is 12.2. The number of anilines is 2. The van der Waals surface area contributed by atoms with Gasteiger partial charge in [0, 0.05) is 45.5 Å². The molecule has 0 atom stereocenters. The van der Waals surface area contributed by atoms with Crippen LogP contribution >= 0.6 is 0 Å². The van der Waals surface area contributed by atoms with Crippen LogP contribution in [-0.4, -0.2) is 53.4 Å². The van der Waals surface area contributed by atoms with Crippen LogP contribution in [0.5, 0.6) is 0 Å². The number of nitrogens with zero attached hydrogens (tertiary/aromatic N) is 4. The van der Waals surface area contributed by atoms with Crippen molar-refractivity contribution in [1.29, 1.82) is 0 Å². The molecule has 162 valence electrons. The summed E-state index contributed by atoms with van der Waals surface area (Å²) in [6.07, 6.45) is 2.65. The Bertz CT molecular complexity index is 907. The summed E-state index contributed by atoms with van der Waals surface area (Å²) in [5.41, 5.74) is 1.54. The quantitative estimate of drug-likeness (QED) is 0.623. The van der Waals surface area contributed by atoms with Gasteiger partial charge in [-0.3, -0.25) is 14.8 Å². The third-order valence-electron chi connectivity index (χ3n) is 5.30. The first-order valence-corrected chi connectivity index (χ1v) is 10.1. The minimum Gasteiger partial charge on any atom is -0.368 e. The number of aromatic nitrogens is 3. The molecule has 0 radical (unpaired) electrons. The zero-order valence-corrected chi connectivity index (χ0v) is 17.5. The summed E-state index contributed by atoms with van der Waals surface area (Å²) in [6.45, 7) is 3.83. The number of amides is 3. The molecule has 10 heteroatoms. The maximum absolute atomic E-state index is 14.4. The van der Waals surface area contributed by atoms with Gasteiger partial charge in [0.2, 0.25) is 5.95 Å². The number of carbonyl (C=O) groups excluding carboxylic acids is 2. The van der Waals surface area contributed by atoms with Crippen LogP contribution < -0.4 is 20.9 Å². The van der Waals surface area contributed by atoms with Crippen molar-refractivity contribution in [3.8, 4) is 0 Å². The van der Waals surface area contributed by atoms with Crippen LogP contribution in [0.3, 0.4) is 0 Å². The van der Waals surface area contributed by atoms with Crippen molar-refractivity contribution in [2.75, 3.05) is 36.9 Å². The second-order valence-electron chi connectivity index (χ2n) is 7.35. The molecule has 30 heavy (non-hydrogen) atoms. The van der Waals surface area contributed by atoms with Crippen LogP contribution in [0.4, 0.5) is 20.7 Å². The fraction of sp³-hybridized carbons (Fsp3) is 0.500. The standard InChI is InChI=1S/C20H28FN7O2/c1-4-23-20(30)25-17-12-14(27(3)26-17)11-13-7-9-28(10-8-13)16-6-5-15(19(29)22-2)24-18(16)21/h5-6,12-13H,4,7-11H2,1-3H3,(H,22,29)(H2,23,25,26,30). The highest BCUT2D eigenvalue weighted by Gasteiger charge is 2.24. The first kappa shape index (κ1) is 21.5. The van der Waals surface area contributed by atoms with E-state index in [1.807, 2.05) is 24.9 Å². The van der Waals surface area contributed by atoms with Crippen molar-refractivity contribution < 1.29 is 14.0 Å². The molecule has 1 fully saturated rings. The highest BCUT2D eigenvalue weighted by Crippen LogP contribution is 2.27. The molecule has 0 bridgehead atoms. The van der Waals surface area contributed by atoms with Crippen LogP contribution in [0.15, 0.2) is 18.2 Å². The molecule has 1 aliphatic rings. The zero-order valence-electron chi connectivity index (χ0n) is 17.5. The van der Waals surface area contributed by atoms with Gasteiger partial charge in [0.25, 0.3) is 5.91 Å². The molecule has 2 aromatic heterocycles. The van der Waals surface area contributed by atoms with Crippen molar-refractivity contribution in [2.45, 2.75) is 26.2 Å². The second-order valence-corrected chi connectivity index (χ2v) is 7.35. The molecule has 0 saturated carbocycles. The van der Waals surface area contributed by atoms with E-state index in [1.165, 1.54) is 7.05 Å². The van der Waals surface area contributed by atoms with E-state index >= 15 is 0 Å². The molecule has 1 aliphatic heterocycles. The summed E-state index contributed by atoms with van der Waals surface area (Å²) in [7, 11) is 3.35. The van der Waals surface area contributed by atoms with E-state index in [2.05, 4.69) is 26.0 Å². The van der Waals surface area contributed by atoms with Crippen molar-refractivity contribution in [2.24, 2.45) is 13.0 Å². The average molecular weight is 417 g/mol. The van der Waals surface area contributed by atoms with Gasteiger partial charge in [-0.1, -0.05) is 0 Å². The number of piperidine rings is 1. The maximum Gasteiger partial charge on any atom is 0.320 e. The molecule has 3 heterocycles. The monoisotopic (exact) mass is 417 g/mol. The Morgan fingerprint density at radius 1 is 1.27 bits per heavy atom. The van der Waals surface area contributed by atoms with Crippen molar-refractivity contribution in [1.82, 2.24) is 25.4 Å². The number of pyridine rings is 1. The number of urea groups is 1. The Kier molecular flexibility index (Phi) is 6.86. The van der Waals surface area contributed by atoms with Gasteiger partial charge in [0.05, 0.1) is 5.69 Å². The smallest absolute Gasteiger partial charge is 0.320 e. The lowest BCUT2D eigenvalue weighted by molar-refractivity contribution is 0.0957. The average Bonchev–Trinajstić information content (AvgIpc) is 3.06. The van der Waals surface area contributed by atoms with Crippen LogP contribution in [-0.2, 0) is 13.5 Å². The summed E-state index contributed by atoms with van der Waals surface area (Å²) >= 11 is 0. The molecule has 0 unspecified atom stereocenters. The summed E-state index contributed by atoms with van der Waals surface area (Å²) < 4.78 is 16.2. The highest BCUT2D eigenvalue weighted by atomic mass is 19.1. The second kappa shape index (κ2) is 9.55.